The molecule has 0 radical (unpaired) electrons. The van der Waals surface area contributed by atoms with Crippen LogP contribution in [-0.4, -0.2) is 38.3 Å². The van der Waals surface area contributed by atoms with Gasteiger partial charge in [0.05, 0.1) is 7.11 Å². The number of ether oxygens (including phenoxy) is 3. The zero-order valence-corrected chi connectivity index (χ0v) is 21.2. The average Bonchev–Trinajstić information content (AvgIpc) is 2.90. The summed E-state index contributed by atoms with van der Waals surface area (Å²) in [7, 11) is 1.64. The Bertz CT molecular complexity index is 1290. The summed E-state index contributed by atoms with van der Waals surface area (Å²) < 4.78 is 32.5. The number of nitrogens with zero attached hydrogens (tertiary/aromatic N) is 1. The van der Waals surface area contributed by atoms with Crippen LogP contribution < -0.4 is 14.2 Å². The lowest BCUT2D eigenvalue weighted by Gasteiger charge is -2.26. The smallest absolute Gasteiger partial charge is 0.143 e. The van der Waals surface area contributed by atoms with Gasteiger partial charge in [-0.25, -0.2) is 4.39 Å². The Kier molecular flexibility index (Phi) is 8.68. The molecule has 6 heteroatoms. The van der Waals surface area contributed by atoms with Crippen LogP contribution in [0.25, 0.3) is 21.9 Å². The van der Waals surface area contributed by atoms with Crippen LogP contribution in [0, 0.1) is 5.82 Å². The molecule has 1 heterocycles. The number of piperidine rings is 1. The highest BCUT2D eigenvalue weighted by atomic mass is 35.5. The summed E-state index contributed by atoms with van der Waals surface area (Å²) in [5, 5.41) is 1.84. The molecule has 0 aliphatic carbocycles. The van der Waals surface area contributed by atoms with Crippen molar-refractivity contribution >= 4 is 23.2 Å². The van der Waals surface area contributed by atoms with Crippen molar-refractivity contribution in [3.63, 3.8) is 0 Å². The maximum atomic E-state index is 14.7. The standard InChI is InChI=1S/C30H30FNO3.ClH/c1-33-25-14-16-26-22(21-25)9-15-28(27-7-3-4-8-29(27)31)30(26)35-24-12-10-23(11-13-24)34-20-19-32-17-5-2-6-18-32;/h3-4,7-16,21H,2,5-6,17-20H2,1H3;1H. The number of methoxy groups -OCH3 is 1. The first-order chi connectivity index (χ1) is 17.2. The van der Waals surface area contributed by atoms with Gasteiger partial charge >= 0.3 is 0 Å². The van der Waals surface area contributed by atoms with E-state index in [1.807, 2.05) is 60.7 Å². The van der Waals surface area contributed by atoms with Crippen molar-refractivity contribution in [3.05, 3.63) is 84.7 Å². The molecule has 4 aromatic rings. The number of likely N-dealkylation sites (tertiary alicyclic amines) is 1. The highest BCUT2D eigenvalue weighted by molar-refractivity contribution is 5.96. The molecule has 4 aromatic carbocycles. The molecular weight excluding hydrogens is 477 g/mol. The second kappa shape index (κ2) is 12.1. The monoisotopic (exact) mass is 507 g/mol. The molecule has 1 aliphatic heterocycles. The van der Waals surface area contributed by atoms with E-state index in [0.717, 1.165) is 41.9 Å². The fourth-order valence-corrected chi connectivity index (χ4v) is 4.61. The molecule has 0 aromatic heterocycles. The van der Waals surface area contributed by atoms with Gasteiger partial charge in [-0.2, -0.15) is 0 Å². The molecular formula is C30H31ClFNO3. The minimum Gasteiger partial charge on any atom is -0.497 e. The van der Waals surface area contributed by atoms with Crippen molar-refractivity contribution in [1.82, 2.24) is 4.90 Å². The summed E-state index contributed by atoms with van der Waals surface area (Å²) >= 11 is 0. The van der Waals surface area contributed by atoms with E-state index in [1.165, 1.54) is 25.3 Å². The minimum absolute atomic E-state index is 0. The number of hydrogen-bond donors (Lipinski definition) is 0. The van der Waals surface area contributed by atoms with Gasteiger partial charge in [0.1, 0.15) is 35.4 Å². The third-order valence-electron chi connectivity index (χ3n) is 6.51. The Morgan fingerprint density at radius 1 is 0.778 bits per heavy atom. The van der Waals surface area contributed by atoms with Gasteiger partial charge in [0, 0.05) is 23.1 Å². The van der Waals surface area contributed by atoms with Gasteiger partial charge in [-0.05, 0) is 85.9 Å². The molecule has 1 fully saturated rings. The van der Waals surface area contributed by atoms with Gasteiger partial charge in [0.15, 0.2) is 0 Å². The molecule has 0 saturated carbocycles. The van der Waals surface area contributed by atoms with Gasteiger partial charge in [-0.15, -0.1) is 12.4 Å². The highest BCUT2D eigenvalue weighted by Gasteiger charge is 2.16. The predicted molar refractivity (Wildman–Crippen MR) is 145 cm³/mol. The van der Waals surface area contributed by atoms with Crippen LogP contribution in [0.15, 0.2) is 78.9 Å². The first-order valence-electron chi connectivity index (χ1n) is 12.2. The number of hydrogen-bond acceptors (Lipinski definition) is 4. The van der Waals surface area contributed by atoms with Crippen molar-refractivity contribution in [1.29, 1.82) is 0 Å². The Balaban J connectivity index is 0.00000304. The van der Waals surface area contributed by atoms with Crippen LogP contribution in [0.2, 0.25) is 0 Å². The minimum atomic E-state index is -0.289. The van der Waals surface area contributed by atoms with Gasteiger partial charge in [-0.1, -0.05) is 30.7 Å². The fourth-order valence-electron chi connectivity index (χ4n) is 4.61. The largest absolute Gasteiger partial charge is 0.497 e. The number of halogens is 2. The SMILES string of the molecule is COc1ccc2c(Oc3ccc(OCCN4CCCCC4)cc3)c(-c3ccccc3F)ccc2c1.Cl. The third kappa shape index (κ3) is 5.92. The Morgan fingerprint density at radius 2 is 1.50 bits per heavy atom. The zero-order valence-electron chi connectivity index (χ0n) is 20.4. The van der Waals surface area contributed by atoms with Crippen LogP contribution in [0.1, 0.15) is 19.3 Å². The number of fused-ring (bicyclic) bond motifs is 1. The van der Waals surface area contributed by atoms with Crippen LogP contribution in [0.3, 0.4) is 0 Å². The van der Waals surface area contributed by atoms with E-state index < -0.39 is 0 Å². The van der Waals surface area contributed by atoms with Crippen molar-refractivity contribution in [2.45, 2.75) is 19.3 Å². The molecule has 0 unspecified atom stereocenters. The lowest BCUT2D eigenvalue weighted by atomic mass is 9.99. The van der Waals surface area contributed by atoms with Gasteiger partial charge < -0.3 is 14.2 Å². The lowest BCUT2D eigenvalue weighted by molar-refractivity contribution is 0.183. The van der Waals surface area contributed by atoms with Crippen molar-refractivity contribution < 1.29 is 18.6 Å². The summed E-state index contributed by atoms with van der Waals surface area (Å²) in [6.45, 7) is 3.95. The second-order valence-corrected chi connectivity index (χ2v) is 8.83. The van der Waals surface area contributed by atoms with E-state index in [0.29, 0.717) is 29.2 Å². The lowest BCUT2D eigenvalue weighted by Crippen LogP contribution is -2.33. The van der Waals surface area contributed by atoms with Crippen LogP contribution >= 0.6 is 12.4 Å². The van der Waals surface area contributed by atoms with E-state index in [9.17, 15) is 4.39 Å². The van der Waals surface area contributed by atoms with Crippen molar-refractivity contribution in [2.24, 2.45) is 0 Å². The quantitative estimate of drug-likeness (QED) is 0.244. The van der Waals surface area contributed by atoms with E-state index in [2.05, 4.69) is 4.90 Å². The molecule has 0 amide bonds. The van der Waals surface area contributed by atoms with Crippen LogP contribution in [0.5, 0.6) is 23.0 Å². The fraction of sp³-hybridized carbons (Fsp3) is 0.267. The Labute approximate surface area is 218 Å². The topological polar surface area (TPSA) is 30.9 Å². The summed E-state index contributed by atoms with van der Waals surface area (Å²) in [6.07, 6.45) is 3.89. The molecule has 1 saturated heterocycles. The third-order valence-corrected chi connectivity index (χ3v) is 6.51. The molecule has 36 heavy (non-hydrogen) atoms. The molecule has 0 spiro atoms. The van der Waals surface area contributed by atoms with Crippen LogP contribution in [-0.2, 0) is 0 Å². The van der Waals surface area contributed by atoms with E-state index in [4.69, 9.17) is 14.2 Å². The molecule has 4 nitrogen and oxygen atoms in total. The Morgan fingerprint density at radius 3 is 2.25 bits per heavy atom. The summed E-state index contributed by atoms with van der Waals surface area (Å²) in [5.41, 5.74) is 1.19. The summed E-state index contributed by atoms with van der Waals surface area (Å²) in [5.74, 6) is 2.55. The second-order valence-electron chi connectivity index (χ2n) is 8.83. The van der Waals surface area contributed by atoms with Crippen molar-refractivity contribution in [2.75, 3.05) is 33.4 Å². The molecule has 188 valence electrons. The Hall–Kier alpha value is -3.28. The first-order valence-corrected chi connectivity index (χ1v) is 12.2. The molecule has 0 bridgehead atoms. The highest BCUT2D eigenvalue weighted by Crippen LogP contribution is 2.41. The maximum Gasteiger partial charge on any atom is 0.143 e. The van der Waals surface area contributed by atoms with Gasteiger partial charge in [0.2, 0.25) is 0 Å². The number of benzene rings is 4. The summed E-state index contributed by atoms with van der Waals surface area (Å²) in [4.78, 5) is 2.46. The summed E-state index contributed by atoms with van der Waals surface area (Å²) in [6, 6.07) is 24.0. The van der Waals surface area contributed by atoms with Gasteiger partial charge in [0.25, 0.3) is 0 Å². The first kappa shape index (κ1) is 25.8. The average molecular weight is 508 g/mol. The zero-order chi connectivity index (χ0) is 24.0. The maximum absolute atomic E-state index is 14.7. The number of rotatable bonds is 8. The predicted octanol–water partition coefficient (Wildman–Crippen LogP) is 7.73. The van der Waals surface area contributed by atoms with Crippen molar-refractivity contribution in [3.8, 4) is 34.1 Å². The molecule has 1 aliphatic rings. The molecule has 0 atom stereocenters. The van der Waals surface area contributed by atoms with E-state index in [-0.39, 0.29) is 18.2 Å². The van der Waals surface area contributed by atoms with E-state index in [1.54, 1.807) is 19.2 Å². The van der Waals surface area contributed by atoms with Crippen LogP contribution in [0.4, 0.5) is 4.39 Å². The van der Waals surface area contributed by atoms with Gasteiger partial charge in [-0.3, -0.25) is 4.90 Å². The normalized spacial score (nSPS) is 13.7. The van der Waals surface area contributed by atoms with E-state index >= 15 is 0 Å². The molecule has 5 rings (SSSR count). The molecule has 0 N–H and O–H groups in total.